The summed E-state index contributed by atoms with van der Waals surface area (Å²) in [5, 5.41) is 10.5. The van der Waals surface area contributed by atoms with Gasteiger partial charge < -0.3 is 19.3 Å². The van der Waals surface area contributed by atoms with E-state index >= 15 is 0 Å². The second-order valence-corrected chi connectivity index (χ2v) is 10.1. The average molecular weight is 566 g/mol. The van der Waals surface area contributed by atoms with E-state index in [0.29, 0.717) is 17.9 Å². The molecule has 1 aromatic heterocycles. The summed E-state index contributed by atoms with van der Waals surface area (Å²) in [5.74, 6) is -0.283. The number of benzene rings is 4. The predicted octanol–water partition coefficient (Wildman–Crippen LogP) is 4.54. The van der Waals surface area contributed by atoms with Crippen LogP contribution in [0.25, 0.3) is 11.1 Å². The lowest BCUT2D eigenvalue weighted by atomic mass is 9.97. The monoisotopic (exact) mass is 565 g/mol. The van der Waals surface area contributed by atoms with Crippen LogP contribution in [0.15, 0.2) is 111 Å². The molecule has 1 atom stereocenters. The van der Waals surface area contributed by atoms with E-state index in [1.54, 1.807) is 31.3 Å². The normalized spacial score (nSPS) is 11.7. The molecule has 1 heterocycles. The first-order chi connectivity index (χ1) is 20.3. The summed E-state index contributed by atoms with van der Waals surface area (Å²) in [4.78, 5) is 39.5. The van der Waals surface area contributed by atoms with Crippen molar-refractivity contribution < 1.29 is 19.2 Å². The molecule has 2 N–H and O–H groups in total. The molecule has 1 unspecified atom stereocenters. The summed E-state index contributed by atoms with van der Waals surface area (Å²) in [7, 11) is 1.69. The molecule has 0 spiro atoms. The SMILES string of the molecule is Cc1cc(C(=O)N(C)CC(O)c2ccccc2)ccc1-c1cccc(COc2ccc(Cn3oc(=O)[nH]c3=O)cc2)c1. The lowest BCUT2D eigenvalue weighted by Gasteiger charge is -2.21. The van der Waals surface area contributed by atoms with Gasteiger partial charge in [-0.3, -0.25) is 4.79 Å². The number of amides is 1. The number of aromatic amines is 1. The molecule has 0 aliphatic rings. The second kappa shape index (κ2) is 12.6. The number of rotatable bonds is 10. The van der Waals surface area contributed by atoms with Crippen molar-refractivity contribution in [2.24, 2.45) is 0 Å². The summed E-state index contributed by atoms with van der Waals surface area (Å²) < 4.78 is 11.7. The summed E-state index contributed by atoms with van der Waals surface area (Å²) in [6.45, 7) is 2.65. The van der Waals surface area contributed by atoms with Crippen LogP contribution in [0, 0.1) is 6.92 Å². The molecule has 0 saturated heterocycles. The molecule has 4 aromatic carbocycles. The van der Waals surface area contributed by atoms with Crippen LogP contribution in [-0.2, 0) is 13.2 Å². The van der Waals surface area contributed by atoms with Gasteiger partial charge in [-0.05, 0) is 70.6 Å². The van der Waals surface area contributed by atoms with Gasteiger partial charge in [0.15, 0.2) is 0 Å². The van der Waals surface area contributed by atoms with Gasteiger partial charge in [0.1, 0.15) is 12.4 Å². The Morgan fingerprint density at radius 3 is 2.40 bits per heavy atom. The van der Waals surface area contributed by atoms with Crippen LogP contribution in [-0.4, -0.2) is 39.2 Å². The molecular weight excluding hydrogens is 534 g/mol. The maximum absolute atomic E-state index is 13.1. The third-order valence-electron chi connectivity index (χ3n) is 6.97. The largest absolute Gasteiger partial charge is 0.489 e. The Bertz CT molecular complexity index is 1790. The summed E-state index contributed by atoms with van der Waals surface area (Å²) in [6.07, 6.45) is -0.761. The molecule has 0 bridgehead atoms. The minimum atomic E-state index is -0.787. The van der Waals surface area contributed by atoms with Crippen molar-refractivity contribution in [2.75, 3.05) is 13.6 Å². The van der Waals surface area contributed by atoms with Gasteiger partial charge in [0, 0.05) is 12.6 Å². The van der Waals surface area contributed by atoms with Gasteiger partial charge in [0.2, 0.25) is 0 Å². The highest BCUT2D eigenvalue weighted by Gasteiger charge is 2.18. The molecule has 5 aromatic rings. The number of carbonyl (C=O) groups excluding carboxylic acids is 1. The zero-order chi connectivity index (χ0) is 29.6. The maximum atomic E-state index is 13.1. The van der Waals surface area contributed by atoms with Gasteiger partial charge >= 0.3 is 11.4 Å². The number of ether oxygens (including phenoxy) is 1. The molecule has 0 fully saturated rings. The van der Waals surface area contributed by atoms with Crippen LogP contribution >= 0.6 is 0 Å². The topological polar surface area (TPSA) is 118 Å². The van der Waals surface area contributed by atoms with Gasteiger partial charge in [-0.15, -0.1) is 4.74 Å². The van der Waals surface area contributed by atoms with E-state index in [1.807, 2.05) is 73.7 Å². The molecular formula is C33H31N3O6. The summed E-state index contributed by atoms with van der Waals surface area (Å²) in [6, 6.07) is 30.2. The molecule has 0 aliphatic carbocycles. The molecule has 1 amide bonds. The van der Waals surface area contributed by atoms with Crippen LogP contribution in [0.2, 0.25) is 0 Å². The zero-order valence-electron chi connectivity index (χ0n) is 23.3. The molecule has 5 rings (SSSR count). The predicted molar refractivity (Wildman–Crippen MR) is 158 cm³/mol. The second-order valence-electron chi connectivity index (χ2n) is 10.1. The highest BCUT2D eigenvalue weighted by atomic mass is 16.5. The number of hydrogen-bond donors (Lipinski definition) is 2. The Labute approximate surface area is 242 Å². The van der Waals surface area contributed by atoms with Crippen molar-refractivity contribution in [1.29, 1.82) is 0 Å². The highest BCUT2D eigenvalue weighted by molar-refractivity contribution is 5.95. The van der Waals surface area contributed by atoms with Crippen LogP contribution in [0.4, 0.5) is 0 Å². The van der Waals surface area contributed by atoms with Gasteiger partial charge in [-0.1, -0.05) is 66.7 Å². The van der Waals surface area contributed by atoms with E-state index in [9.17, 15) is 19.5 Å². The minimum Gasteiger partial charge on any atom is -0.489 e. The van der Waals surface area contributed by atoms with E-state index < -0.39 is 17.5 Å². The third-order valence-corrected chi connectivity index (χ3v) is 6.97. The highest BCUT2D eigenvalue weighted by Crippen LogP contribution is 2.26. The van der Waals surface area contributed by atoms with Crippen molar-refractivity contribution in [1.82, 2.24) is 14.6 Å². The average Bonchev–Trinajstić information content (AvgIpc) is 3.32. The lowest BCUT2D eigenvalue weighted by molar-refractivity contribution is 0.0681. The standard InChI is InChI=1S/C33H31N3O6/c1-22-17-27(31(38)35(2)20-30(37)25-8-4-3-5-9-25)13-16-29(22)26-10-6-7-24(18-26)21-41-28-14-11-23(12-15-28)19-36-32(39)34-33(40)42-36/h3-18,30,37H,19-21H2,1-2H3,(H,34,39,40). The molecule has 214 valence electrons. The van der Waals surface area contributed by atoms with E-state index in [2.05, 4.69) is 11.1 Å². The first-order valence-corrected chi connectivity index (χ1v) is 13.5. The molecule has 0 aliphatic heterocycles. The quantitative estimate of drug-likeness (QED) is 0.257. The van der Waals surface area contributed by atoms with E-state index in [4.69, 9.17) is 9.26 Å². The number of nitrogens with one attached hydrogen (secondary N) is 1. The number of hydrogen-bond acceptors (Lipinski definition) is 6. The van der Waals surface area contributed by atoms with Crippen LogP contribution in [0.5, 0.6) is 5.75 Å². The van der Waals surface area contributed by atoms with Crippen LogP contribution in [0.1, 0.15) is 38.7 Å². The Balaban J connectivity index is 1.21. The number of nitrogens with zero attached hydrogens (tertiary/aromatic N) is 2. The fraction of sp³-hybridized carbons (Fsp3) is 0.182. The molecule has 0 radical (unpaired) electrons. The maximum Gasteiger partial charge on any atom is 0.440 e. The fourth-order valence-electron chi connectivity index (χ4n) is 4.73. The molecule has 9 nitrogen and oxygen atoms in total. The van der Waals surface area contributed by atoms with E-state index in [1.165, 1.54) is 4.90 Å². The smallest absolute Gasteiger partial charge is 0.440 e. The van der Waals surface area contributed by atoms with Crippen LogP contribution < -0.4 is 16.2 Å². The van der Waals surface area contributed by atoms with Crippen molar-refractivity contribution >= 4 is 5.91 Å². The molecule has 9 heteroatoms. The van der Waals surface area contributed by atoms with Crippen molar-refractivity contribution in [3.05, 3.63) is 146 Å². The van der Waals surface area contributed by atoms with Crippen molar-refractivity contribution in [3.63, 3.8) is 0 Å². The fourth-order valence-corrected chi connectivity index (χ4v) is 4.73. The third kappa shape index (κ3) is 6.76. The van der Waals surface area contributed by atoms with Crippen molar-refractivity contribution in [3.8, 4) is 16.9 Å². The Hall–Kier alpha value is -5.15. The Morgan fingerprint density at radius 1 is 0.952 bits per heavy atom. The number of aliphatic hydroxyl groups is 1. The van der Waals surface area contributed by atoms with Crippen molar-refractivity contribution in [2.45, 2.75) is 26.2 Å². The summed E-state index contributed by atoms with van der Waals surface area (Å²) >= 11 is 0. The lowest BCUT2D eigenvalue weighted by Crippen LogP contribution is -2.31. The Kier molecular flexibility index (Phi) is 8.50. The number of aromatic nitrogens is 2. The number of aliphatic hydroxyl groups excluding tert-OH is 1. The van der Waals surface area contributed by atoms with Gasteiger partial charge in [-0.2, -0.15) is 0 Å². The molecule has 0 saturated carbocycles. The van der Waals surface area contributed by atoms with Gasteiger partial charge in [-0.25, -0.2) is 14.6 Å². The number of carbonyl (C=O) groups is 1. The van der Waals surface area contributed by atoms with Gasteiger partial charge in [0.05, 0.1) is 19.2 Å². The summed E-state index contributed by atoms with van der Waals surface area (Å²) in [5.41, 5.74) is 5.48. The minimum absolute atomic E-state index is 0.134. The van der Waals surface area contributed by atoms with Gasteiger partial charge in [0.25, 0.3) is 5.91 Å². The Morgan fingerprint density at radius 2 is 1.71 bits per heavy atom. The van der Waals surface area contributed by atoms with E-state index in [-0.39, 0.29) is 19.0 Å². The number of H-pyrrole nitrogens is 1. The number of aryl methyl sites for hydroxylation is 1. The first kappa shape index (κ1) is 28.4. The van der Waals surface area contributed by atoms with E-state index in [0.717, 1.165) is 38.1 Å². The van der Waals surface area contributed by atoms with Crippen LogP contribution in [0.3, 0.4) is 0 Å². The number of likely N-dealkylation sites (N-methyl/N-ethyl adjacent to an activating group) is 1. The zero-order valence-corrected chi connectivity index (χ0v) is 23.3. The first-order valence-electron chi connectivity index (χ1n) is 13.5. The molecule has 42 heavy (non-hydrogen) atoms.